The van der Waals surface area contributed by atoms with Gasteiger partial charge in [-0.25, -0.2) is 22.3 Å². The minimum atomic E-state index is -4.19. The number of benzene rings is 1. The van der Waals surface area contributed by atoms with Crippen LogP contribution in [0.25, 0.3) is 0 Å². The molecule has 25 heavy (non-hydrogen) atoms. The number of methoxy groups -OCH3 is 2. The predicted octanol–water partition coefficient (Wildman–Crippen LogP) is 0.457. The maximum atomic E-state index is 13.1. The summed E-state index contributed by atoms with van der Waals surface area (Å²) in [4.78, 5) is 13.2. The molecule has 2 rings (SSSR count). The zero-order chi connectivity index (χ0) is 18.8. The first-order valence-corrected chi connectivity index (χ1v) is 8.71. The first-order valence-electron chi connectivity index (χ1n) is 7.16. The summed E-state index contributed by atoms with van der Waals surface area (Å²) in [6.07, 6.45) is -2.78. The quantitative estimate of drug-likeness (QED) is 0.795. The Balaban J connectivity index is 2.50. The Morgan fingerprint density at radius 1 is 1.32 bits per heavy atom. The number of alkyl halides is 2. The van der Waals surface area contributed by atoms with E-state index in [0.717, 1.165) is 17.0 Å². The van der Waals surface area contributed by atoms with Gasteiger partial charge in [0.1, 0.15) is 17.5 Å². The lowest BCUT2D eigenvalue weighted by Crippen LogP contribution is -2.52. The molecule has 1 aromatic carbocycles. The average molecular weight is 380 g/mol. The standard InChI is InChI=1S/C14H18F2N2O6S/c1-22-10-5-8(6-11(23-2)12(10)25(17,20)21)14(19)18-3-4-24-7-9(18)13(15)16/h5-6,9,13H,3-4,7H2,1-2H3,(H2,17,20,21). The van der Waals surface area contributed by atoms with Gasteiger partial charge in [-0.15, -0.1) is 0 Å². The van der Waals surface area contributed by atoms with E-state index in [2.05, 4.69) is 0 Å². The Bertz CT molecular complexity index is 731. The monoisotopic (exact) mass is 380 g/mol. The minimum Gasteiger partial charge on any atom is -0.495 e. The van der Waals surface area contributed by atoms with Gasteiger partial charge in [-0.05, 0) is 12.1 Å². The van der Waals surface area contributed by atoms with Crippen molar-refractivity contribution >= 4 is 15.9 Å². The van der Waals surface area contributed by atoms with Crippen LogP contribution in [0.5, 0.6) is 11.5 Å². The van der Waals surface area contributed by atoms with Crippen LogP contribution < -0.4 is 14.6 Å². The maximum Gasteiger partial charge on any atom is 0.260 e. The van der Waals surface area contributed by atoms with Crippen LogP contribution in [0.3, 0.4) is 0 Å². The summed E-state index contributed by atoms with van der Waals surface area (Å²) in [5.74, 6) is -1.15. The van der Waals surface area contributed by atoms with Gasteiger partial charge >= 0.3 is 0 Å². The second kappa shape index (κ2) is 7.50. The molecule has 1 atom stereocenters. The third kappa shape index (κ3) is 3.99. The smallest absolute Gasteiger partial charge is 0.260 e. The number of nitrogens with zero attached hydrogens (tertiary/aromatic N) is 1. The fourth-order valence-corrected chi connectivity index (χ4v) is 3.38. The Labute approximate surface area is 143 Å². The van der Waals surface area contributed by atoms with Gasteiger partial charge in [0.2, 0.25) is 10.0 Å². The van der Waals surface area contributed by atoms with Crippen molar-refractivity contribution in [2.24, 2.45) is 5.14 Å². The summed E-state index contributed by atoms with van der Waals surface area (Å²) in [6.45, 7) is -0.180. The van der Waals surface area contributed by atoms with Gasteiger partial charge in [0.25, 0.3) is 12.3 Å². The molecule has 2 N–H and O–H groups in total. The van der Waals surface area contributed by atoms with Crippen LogP contribution in [0.15, 0.2) is 17.0 Å². The number of hydrogen-bond acceptors (Lipinski definition) is 6. The molecule has 8 nitrogen and oxygen atoms in total. The van der Waals surface area contributed by atoms with E-state index < -0.39 is 33.3 Å². The number of sulfonamides is 1. The summed E-state index contributed by atoms with van der Waals surface area (Å²) < 4.78 is 64.7. The highest BCUT2D eigenvalue weighted by Gasteiger charge is 2.35. The lowest BCUT2D eigenvalue weighted by atomic mass is 10.1. The molecule has 11 heteroatoms. The van der Waals surface area contributed by atoms with Crippen LogP contribution in [0, 0.1) is 0 Å². The fraction of sp³-hybridized carbons (Fsp3) is 0.500. The molecule has 0 saturated carbocycles. The third-order valence-electron chi connectivity index (χ3n) is 3.71. The molecule has 140 valence electrons. The van der Waals surface area contributed by atoms with Gasteiger partial charge < -0.3 is 19.1 Å². The van der Waals surface area contributed by atoms with Crippen LogP contribution >= 0.6 is 0 Å². The topological polar surface area (TPSA) is 108 Å². The minimum absolute atomic E-state index is 0.0184. The zero-order valence-electron chi connectivity index (χ0n) is 13.6. The first kappa shape index (κ1) is 19.3. The van der Waals surface area contributed by atoms with E-state index in [1.807, 2.05) is 0 Å². The molecule has 0 bridgehead atoms. The van der Waals surface area contributed by atoms with E-state index in [0.29, 0.717) is 0 Å². The summed E-state index contributed by atoms with van der Waals surface area (Å²) in [6, 6.07) is 0.863. The van der Waals surface area contributed by atoms with Crippen molar-refractivity contribution in [2.45, 2.75) is 17.4 Å². The molecule has 1 heterocycles. The highest BCUT2D eigenvalue weighted by molar-refractivity contribution is 7.89. The zero-order valence-corrected chi connectivity index (χ0v) is 14.4. The van der Waals surface area contributed by atoms with E-state index in [4.69, 9.17) is 19.3 Å². The number of carbonyl (C=O) groups excluding carboxylic acids is 1. The Morgan fingerprint density at radius 3 is 2.32 bits per heavy atom. The Hall–Kier alpha value is -1.98. The molecule has 1 fully saturated rings. The van der Waals surface area contributed by atoms with E-state index in [9.17, 15) is 22.0 Å². The maximum absolute atomic E-state index is 13.1. The lowest BCUT2D eigenvalue weighted by Gasteiger charge is -2.35. The summed E-state index contributed by atoms with van der Waals surface area (Å²) >= 11 is 0. The summed E-state index contributed by atoms with van der Waals surface area (Å²) in [7, 11) is -1.82. The predicted molar refractivity (Wildman–Crippen MR) is 82.6 cm³/mol. The van der Waals surface area contributed by atoms with Gasteiger partial charge in [0.05, 0.1) is 27.4 Å². The van der Waals surface area contributed by atoms with Crippen LogP contribution in [0.1, 0.15) is 10.4 Å². The number of hydrogen-bond donors (Lipinski definition) is 1. The van der Waals surface area contributed by atoms with Crippen LogP contribution in [0.4, 0.5) is 8.78 Å². The van der Waals surface area contributed by atoms with Crippen molar-refractivity contribution in [2.75, 3.05) is 34.0 Å². The largest absolute Gasteiger partial charge is 0.495 e. The van der Waals surface area contributed by atoms with Crippen LogP contribution in [0.2, 0.25) is 0 Å². The van der Waals surface area contributed by atoms with Gasteiger partial charge in [0.15, 0.2) is 4.90 Å². The number of halogens is 2. The van der Waals surface area contributed by atoms with Crippen molar-refractivity contribution in [3.63, 3.8) is 0 Å². The molecule has 1 aromatic rings. The lowest BCUT2D eigenvalue weighted by molar-refractivity contribution is -0.0580. The average Bonchev–Trinajstić information content (AvgIpc) is 2.58. The molecular formula is C14H18F2N2O6S. The second-order valence-electron chi connectivity index (χ2n) is 5.23. The van der Waals surface area contributed by atoms with Gasteiger partial charge in [-0.1, -0.05) is 0 Å². The molecule has 1 aliphatic rings. The van der Waals surface area contributed by atoms with Crippen LogP contribution in [-0.2, 0) is 14.8 Å². The normalized spacial score (nSPS) is 18.3. The van der Waals surface area contributed by atoms with E-state index in [-0.39, 0.29) is 36.8 Å². The van der Waals surface area contributed by atoms with Crippen molar-refractivity contribution in [3.8, 4) is 11.5 Å². The van der Waals surface area contributed by atoms with E-state index in [1.165, 1.54) is 14.2 Å². The van der Waals surface area contributed by atoms with Gasteiger partial charge in [0, 0.05) is 12.1 Å². The van der Waals surface area contributed by atoms with Crippen molar-refractivity contribution in [1.82, 2.24) is 4.90 Å². The van der Waals surface area contributed by atoms with Crippen molar-refractivity contribution in [3.05, 3.63) is 17.7 Å². The molecule has 1 aliphatic heterocycles. The van der Waals surface area contributed by atoms with E-state index in [1.54, 1.807) is 0 Å². The number of carbonyl (C=O) groups is 1. The molecule has 0 spiro atoms. The highest BCUT2D eigenvalue weighted by atomic mass is 32.2. The summed E-state index contributed by atoms with van der Waals surface area (Å²) in [5, 5.41) is 5.14. The van der Waals surface area contributed by atoms with Crippen molar-refractivity contribution < 1.29 is 36.2 Å². The Morgan fingerprint density at radius 2 is 1.88 bits per heavy atom. The molecule has 1 amide bonds. The molecule has 1 unspecified atom stereocenters. The highest BCUT2D eigenvalue weighted by Crippen LogP contribution is 2.34. The Kier molecular flexibility index (Phi) is 5.80. The van der Waals surface area contributed by atoms with E-state index >= 15 is 0 Å². The molecule has 0 aliphatic carbocycles. The molecule has 0 radical (unpaired) electrons. The number of primary sulfonamides is 1. The third-order valence-corrected chi connectivity index (χ3v) is 4.68. The number of morpholine rings is 1. The number of rotatable bonds is 5. The molecule has 0 aromatic heterocycles. The number of ether oxygens (including phenoxy) is 3. The SMILES string of the molecule is COc1cc(C(=O)N2CCOCC2C(F)F)cc(OC)c1S(N)(=O)=O. The van der Waals surface area contributed by atoms with Gasteiger partial charge in [-0.3, -0.25) is 4.79 Å². The number of amides is 1. The van der Waals surface area contributed by atoms with Crippen molar-refractivity contribution in [1.29, 1.82) is 0 Å². The number of nitrogens with two attached hydrogens (primary N) is 1. The molecule has 1 saturated heterocycles. The van der Waals surface area contributed by atoms with Gasteiger partial charge in [-0.2, -0.15) is 0 Å². The van der Waals surface area contributed by atoms with Crippen LogP contribution in [-0.4, -0.2) is 65.7 Å². The summed E-state index contributed by atoms with van der Waals surface area (Å²) in [5.41, 5.74) is -0.0614. The fourth-order valence-electron chi connectivity index (χ4n) is 2.53. The molecular weight excluding hydrogens is 362 g/mol. The first-order chi connectivity index (χ1) is 11.7. The second-order valence-corrected chi connectivity index (χ2v) is 6.73.